The summed E-state index contributed by atoms with van der Waals surface area (Å²) in [5.74, 6) is 1.50. The number of hydrogen-bond acceptors (Lipinski definition) is 3. The molecule has 2 heterocycles. The summed E-state index contributed by atoms with van der Waals surface area (Å²) in [5.41, 5.74) is 7.07. The molecule has 20 heavy (non-hydrogen) atoms. The van der Waals surface area contributed by atoms with Crippen LogP contribution in [0.1, 0.15) is 43.6 Å². The maximum absolute atomic E-state index is 12.6. The van der Waals surface area contributed by atoms with Crippen LogP contribution in [0.3, 0.4) is 0 Å². The molecular weight excluding hydrogens is 252 g/mol. The molecule has 5 nitrogen and oxygen atoms in total. The molecule has 0 aromatic carbocycles. The molecule has 1 amide bonds. The monoisotopic (exact) mass is 276 g/mol. The Balaban J connectivity index is 1.56. The van der Waals surface area contributed by atoms with E-state index < -0.39 is 0 Å². The van der Waals surface area contributed by atoms with Gasteiger partial charge in [0.05, 0.1) is 6.20 Å². The van der Waals surface area contributed by atoms with Crippen LogP contribution in [0.4, 0.5) is 0 Å². The Hall–Kier alpha value is -1.36. The van der Waals surface area contributed by atoms with Gasteiger partial charge in [-0.25, -0.2) is 0 Å². The molecule has 2 aliphatic rings. The zero-order chi connectivity index (χ0) is 13.9. The molecule has 0 spiro atoms. The van der Waals surface area contributed by atoms with Gasteiger partial charge in [-0.1, -0.05) is 6.42 Å². The van der Waals surface area contributed by atoms with Crippen molar-refractivity contribution in [2.45, 2.75) is 38.0 Å². The highest BCUT2D eigenvalue weighted by Gasteiger charge is 2.36. The summed E-state index contributed by atoms with van der Waals surface area (Å²) in [5, 5.41) is 6.89. The van der Waals surface area contributed by atoms with E-state index in [1.807, 2.05) is 12.4 Å². The van der Waals surface area contributed by atoms with E-state index in [2.05, 4.69) is 15.1 Å². The SMILES string of the molecule is NC[C@H]1CCC[C@H]1C(=O)N1CCC(c2cn[nH]c2)CC1. The number of carbonyl (C=O) groups is 1. The van der Waals surface area contributed by atoms with E-state index in [9.17, 15) is 4.79 Å². The topological polar surface area (TPSA) is 75.0 Å². The Bertz CT molecular complexity index is 437. The number of rotatable bonds is 3. The second kappa shape index (κ2) is 5.95. The maximum atomic E-state index is 12.6. The lowest BCUT2D eigenvalue weighted by atomic mass is 9.89. The molecular formula is C15H24N4O. The molecule has 3 rings (SSSR count). The first-order valence-electron chi connectivity index (χ1n) is 7.77. The lowest BCUT2D eigenvalue weighted by Crippen LogP contribution is -2.43. The lowest BCUT2D eigenvalue weighted by Gasteiger charge is -2.34. The number of hydrogen-bond donors (Lipinski definition) is 2. The van der Waals surface area contributed by atoms with Gasteiger partial charge in [-0.05, 0) is 49.6 Å². The predicted octanol–water partition coefficient (Wildman–Crippen LogP) is 1.49. The van der Waals surface area contributed by atoms with Crippen LogP contribution in [0.25, 0.3) is 0 Å². The fourth-order valence-corrected chi connectivity index (χ4v) is 3.80. The number of nitrogens with two attached hydrogens (primary N) is 1. The normalized spacial score (nSPS) is 27.9. The summed E-state index contributed by atoms with van der Waals surface area (Å²) in [6, 6.07) is 0. The maximum Gasteiger partial charge on any atom is 0.226 e. The summed E-state index contributed by atoms with van der Waals surface area (Å²) in [4.78, 5) is 14.7. The minimum atomic E-state index is 0.186. The van der Waals surface area contributed by atoms with E-state index in [4.69, 9.17) is 5.73 Å². The van der Waals surface area contributed by atoms with Crippen LogP contribution in [-0.4, -0.2) is 40.6 Å². The Morgan fingerprint density at radius 1 is 1.35 bits per heavy atom. The molecule has 1 aliphatic carbocycles. The number of H-pyrrole nitrogens is 1. The van der Waals surface area contributed by atoms with Crippen molar-refractivity contribution in [3.05, 3.63) is 18.0 Å². The van der Waals surface area contributed by atoms with Gasteiger partial charge >= 0.3 is 0 Å². The third kappa shape index (κ3) is 2.59. The summed E-state index contributed by atoms with van der Waals surface area (Å²) >= 11 is 0. The number of piperidine rings is 1. The van der Waals surface area contributed by atoms with Crippen LogP contribution in [0.5, 0.6) is 0 Å². The number of likely N-dealkylation sites (tertiary alicyclic amines) is 1. The van der Waals surface area contributed by atoms with Crippen molar-refractivity contribution in [3.8, 4) is 0 Å². The Kier molecular flexibility index (Phi) is 4.05. The zero-order valence-electron chi connectivity index (χ0n) is 11.9. The first-order valence-corrected chi connectivity index (χ1v) is 7.77. The number of aromatic amines is 1. The fourth-order valence-electron chi connectivity index (χ4n) is 3.80. The van der Waals surface area contributed by atoms with Gasteiger partial charge in [0.1, 0.15) is 0 Å². The summed E-state index contributed by atoms with van der Waals surface area (Å²) in [7, 11) is 0. The van der Waals surface area contributed by atoms with Crippen molar-refractivity contribution < 1.29 is 4.79 Å². The van der Waals surface area contributed by atoms with Crippen molar-refractivity contribution >= 4 is 5.91 Å². The lowest BCUT2D eigenvalue weighted by molar-refractivity contribution is -0.137. The Morgan fingerprint density at radius 2 is 2.15 bits per heavy atom. The van der Waals surface area contributed by atoms with Gasteiger partial charge < -0.3 is 10.6 Å². The third-order valence-corrected chi connectivity index (χ3v) is 5.08. The highest BCUT2D eigenvalue weighted by Crippen LogP contribution is 2.34. The Labute approximate surface area is 119 Å². The first kappa shape index (κ1) is 13.6. The highest BCUT2D eigenvalue weighted by atomic mass is 16.2. The summed E-state index contributed by atoms with van der Waals surface area (Å²) < 4.78 is 0. The predicted molar refractivity (Wildman–Crippen MR) is 77.0 cm³/mol. The molecule has 1 saturated carbocycles. The molecule has 1 aromatic heterocycles. The number of aromatic nitrogens is 2. The molecule has 1 aromatic rings. The first-order chi connectivity index (χ1) is 9.79. The summed E-state index contributed by atoms with van der Waals surface area (Å²) in [6.07, 6.45) is 9.29. The van der Waals surface area contributed by atoms with Crippen LogP contribution in [0, 0.1) is 11.8 Å². The molecule has 2 fully saturated rings. The fraction of sp³-hybridized carbons (Fsp3) is 0.733. The number of amides is 1. The van der Waals surface area contributed by atoms with Gasteiger partial charge in [-0.15, -0.1) is 0 Å². The van der Waals surface area contributed by atoms with Crippen LogP contribution < -0.4 is 5.73 Å². The molecule has 1 aliphatic heterocycles. The van der Waals surface area contributed by atoms with E-state index in [-0.39, 0.29) is 5.92 Å². The second-order valence-electron chi connectivity index (χ2n) is 6.16. The van der Waals surface area contributed by atoms with Crippen LogP contribution in [0.15, 0.2) is 12.4 Å². The highest BCUT2D eigenvalue weighted by molar-refractivity contribution is 5.79. The van der Waals surface area contributed by atoms with Crippen molar-refractivity contribution in [1.29, 1.82) is 0 Å². The van der Waals surface area contributed by atoms with Crippen molar-refractivity contribution in [2.24, 2.45) is 17.6 Å². The van der Waals surface area contributed by atoms with Gasteiger partial charge in [-0.3, -0.25) is 9.89 Å². The van der Waals surface area contributed by atoms with Crippen LogP contribution in [-0.2, 0) is 4.79 Å². The molecule has 0 bridgehead atoms. The molecule has 1 saturated heterocycles. The molecule has 5 heteroatoms. The second-order valence-corrected chi connectivity index (χ2v) is 6.16. The molecule has 0 radical (unpaired) electrons. The van der Waals surface area contributed by atoms with Crippen LogP contribution in [0.2, 0.25) is 0 Å². The van der Waals surface area contributed by atoms with E-state index in [1.54, 1.807) is 0 Å². The average molecular weight is 276 g/mol. The smallest absolute Gasteiger partial charge is 0.226 e. The van der Waals surface area contributed by atoms with E-state index in [1.165, 1.54) is 5.56 Å². The average Bonchev–Trinajstić information content (AvgIpc) is 3.17. The van der Waals surface area contributed by atoms with Crippen LogP contribution >= 0.6 is 0 Å². The van der Waals surface area contributed by atoms with Crippen molar-refractivity contribution in [3.63, 3.8) is 0 Å². The number of nitrogens with zero attached hydrogens (tertiary/aromatic N) is 2. The van der Waals surface area contributed by atoms with E-state index in [0.717, 1.165) is 45.2 Å². The van der Waals surface area contributed by atoms with Gasteiger partial charge in [0.15, 0.2) is 0 Å². The molecule has 2 atom stereocenters. The Morgan fingerprint density at radius 3 is 2.80 bits per heavy atom. The van der Waals surface area contributed by atoms with Gasteiger partial charge in [-0.2, -0.15) is 5.10 Å². The van der Waals surface area contributed by atoms with Crippen molar-refractivity contribution in [2.75, 3.05) is 19.6 Å². The van der Waals surface area contributed by atoms with E-state index in [0.29, 0.717) is 24.3 Å². The minimum absolute atomic E-state index is 0.186. The standard InChI is InChI=1S/C15H24N4O/c16-8-12-2-1-3-14(12)15(20)19-6-4-11(5-7-19)13-9-17-18-10-13/h9-12,14H,1-8,16H2,(H,17,18)/t12-,14-/m1/s1. The molecule has 3 N–H and O–H groups in total. The summed E-state index contributed by atoms with van der Waals surface area (Å²) in [6.45, 7) is 2.41. The zero-order valence-corrected chi connectivity index (χ0v) is 11.9. The minimum Gasteiger partial charge on any atom is -0.342 e. The largest absolute Gasteiger partial charge is 0.342 e. The van der Waals surface area contributed by atoms with E-state index >= 15 is 0 Å². The van der Waals surface area contributed by atoms with Gasteiger partial charge in [0, 0.05) is 25.2 Å². The third-order valence-electron chi connectivity index (χ3n) is 5.08. The van der Waals surface area contributed by atoms with Crippen molar-refractivity contribution in [1.82, 2.24) is 15.1 Å². The number of carbonyl (C=O) groups excluding carboxylic acids is 1. The van der Waals surface area contributed by atoms with Gasteiger partial charge in [0.2, 0.25) is 5.91 Å². The number of nitrogens with one attached hydrogen (secondary N) is 1. The van der Waals surface area contributed by atoms with Gasteiger partial charge in [0.25, 0.3) is 0 Å². The quantitative estimate of drug-likeness (QED) is 0.878. The molecule has 110 valence electrons. The molecule has 0 unspecified atom stereocenters.